The third-order valence-corrected chi connectivity index (χ3v) is 4.85. The van der Waals surface area contributed by atoms with Crippen LogP contribution in [0.5, 0.6) is 11.5 Å². The summed E-state index contributed by atoms with van der Waals surface area (Å²) in [5, 5.41) is 0. The number of amides is 3. The Balaban J connectivity index is 1.49. The van der Waals surface area contributed by atoms with E-state index in [1.54, 1.807) is 54.3 Å². The van der Waals surface area contributed by atoms with Crippen LogP contribution in [0.2, 0.25) is 0 Å². The highest BCUT2D eigenvalue weighted by Crippen LogP contribution is 2.19. The zero-order valence-electron chi connectivity index (χ0n) is 17.7. The molecule has 1 aliphatic heterocycles. The molecule has 0 aliphatic carbocycles. The van der Waals surface area contributed by atoms with E-state index in [-0.39, 0.29) is 5.91 Å². The zero-order valence-corrected chi connectivity index (χ0v) is 17.7. The van der Waals surface area contributed by atoms with Crippen molar-refractivity contribution >= 4 is 17.7 Å². The highest BCUT2D eigenvalue weighted by atomic mass is 16.5. The molecule has 1 heterocycles. The Morgan fingerprint density at radius 2 is 1.84 bits per heavy atom. The smallest absolute Gasteiger partial charge is 0.279 e. The van der Waals surface area contributed by atoms with Crippen LogP contribution in [0.15, 0.2) is 48.5 Å². The van der Waals surface area contributed by atoms with Gasteiger partial charge in [0.1, 0.15) is 11.5 Å². The minimum absolute atomic E-state index is 0.128. The molecule has 0 bridgehead atoms. The molecule has 1 fully saturated rings. The lowest BCUT2D eigenvalue weighted by molar-refractivity contribution is -0.128. The zero-order chi connectivity index (χ0) is 22.2. The first-order chi connectivity index (χ1) is 15.0. The summed E-state index contributed by atoms with van der Waals surface area (Å²) in [7, 11) is 0. The monoisotopic (exact) mass is 425 g/mol. The second-order valence-corrected chi connectivity index (χ2v) is 7.23. The van der Waals surface area contributed by atoms with Gasteiger partial charge in [-0.2, -0.15) is 0 Å². The van der Waals surface area contributed by atoms with Crippen molar-refractivity contribution in [1.29, 1.82) is 0 Å². The largest absolute Gasteiger partial charge is 0.494 e. The van der Waals surface area contributed by atoms with E-state index in [4.69, 9.17) is 9.47 Å². The number of benzene rings is 2. The van der Waals surface area contributed by atoms with Gasteiger partial charge in [0.05, 0.1) is 6.61 Å². The predicted molar refractivity (Wildman–Crippen MR) is 114 cm³/mol. The molecule has 1 aliphatic rings. The summed E-state index contributed by atoms with van der Waals surface area (Å²) in [6.07, 6.45) is 0.621. The van der Waals surface area contributed by atoms with Crippen molar-refractivity contribution in [3.63, 3.8) is 0 Å². The second kappa shape index (κ2) is 10.5. The topological polar surface area (TPSA) is 97.0 Å². The van der Waals surface area contributed by atoms with E-state index < -0.39 is 17.9 Å². The fourth-order valence-electron chi connectivity index (χ4n) is 3.23. The van der Waals surface area contributed by atoms with Crippen LogP contribution in [0.1, 0.15) is 42.6 Å². The number of likely N-dealkylation sites (tertiary alicyclic amines) is 1. The molecule has 0 saturated carbocycles. The summed E-state index contributed by atoms with van der Waals surface area (Å²) < 4.78 is 11.0. The highest BCUT2D eigenvalue weighted by molar-refractivity contribution is 5.96. The Kier molecular flexibility index (Phi) is 7.48. The summed E-state index contributed by atoms with van der Waals surface area (Å²) in [5.41, 5.74) is 6.04. The first-order valence-corrected chi connectivity index (χ1v) is 10.3. The lowest BCUT2D eigenvalue weighted by atomic mass is 10.1. The Hall–Kier alpha value is -3.55. The number of nitrogens with zero attached hydrogens (tertiary/aromatic N) is 1. The number of hydrogen-bond donors (Lipinski definition) is 2. The van der Waals surface area contributed by atoms with Crippen LogP contribution in [0.25, 0.3) is 0 Å². The van der Waals surface area contributed by atoms with Crippen LogP contribution in [0.4, 0.5) is 0 Å². The van der Waals surface area contributed by atoms with Crippen molar-refractivity contribution in [3.05, 3.63) is 59.7 Å². The first-order valence-electron chi connectivity index (χ1n) is 10.3. The maximum absolute atomic E-state index is 12.4. The van der Waals surface area contributed by atoms with Gasteiger partial charge >= 0.3 is 0 Å². The third kappa shape index (κ3) is 6.21. The molecule has 8 nitrogen and oxygen atoms in total. The highest BCUT2D eigenvalue weighted by Gasteiger charge is 2.20. The lowest BCUT2D eigenvalue weighted by Crippen LogP contribution is -2.47. The number of rotatable bonds is 8. The summed E-state index contributed by atoms with van der Waals surface area (Å²) in [5.74, 6) is 0.429. The number of nitrogens with one attached hydrogen (secondary N) is 2. The van der Waals surface area contributed by atoms with Crippen molar-refractivity contribution in [1.82, 2.24) is 15.8 Å². The van der Waals surface area contributed by atoms with E-state index in [9.17, 15) is 14.4 Å². The molecule has 0 unspecified atom stereocenters. The average molecular weight is 425 g/mol. The fourth-order valence-corrected chi connectivity index (χ4v) is 3.23. The van der Waals surface area contributed by atoms with Gasteiger partial charge in [-0.05, 0) is 62.2 Å². The van der Waals surface area contributed by atoms with Crippen LogP contribution >= 0.6 is 0 Å². The maximum atomic E-state index is 12.4. The molecule has 31 heavy (non-hydrogen) atoms. The van der Waals surface area contributed by atoms with Gasteiger partial charge in [0, 0.05) is 25.1 Å². The summed E-state index contributed by atoms with van der Waals surface area (Å²) >= 11 is 0. The standard InChI is InChI=1S/C23H27N3O5/c1-3-30-19-9-11-20(12-10-19)31-16(2)22(28)24-25-23(29)18-7-4-6-17(14-18)15-26-13-5-8-21(26)27/h4,6-7,9-12,14,16H,3,5,8,13,15H2,1-2H3,(H,24,28)(H,25,29)/t16-/m0/s1. The minimum atomic E-state index is -0.814. The van der Waals surface area contributed by atoms with Crippen molar-refractivity contribution in [2.45, 2.75) is 39.3 Å². The van der Waals surface area contributed by atoms with Gasteiger partial charge in [0.15, 0.2) is 6.10 Å². The molecule has 0 aromatic heterocycles. The molecule has 0 spiro atoms. The quantitative estimate of drug-likeness (QED) is 0.633. The van der Waals surface area contributed by atoms with Gasteiger partial charge in [-0.3, -0.25) is 25.2 Å². The molecular weight excluding hydrogens is 398 g/mol. The first kappa shape index (κ1) is 22.1. The van der Waals surface area contributed by atoms with Crippen molar-refractivity contribution < 1.29 is 23.9 Å². The number of carbonyl (C=O) groups excluding carboxylic acids is 3. The van der Waals surface area contributed by atoms with Gasteiger partial charge < -0.3 is 14.4 Å². The summed E-state index contributed by atoms with van der Waals surface area (Å²) in [6.45, 7) is 5.26. The van der Waals surface area contributed by atoms with Crippen molar-refractivity contribution in [3.8, 4) is 11.5 Å². The molecule has 3 rings (SSSR count). The Labute approximate surface area is 181 Å². The maximum Gasteiger partial charge on any atom is 0.279 e. The van der Waals surface area contributed by atoms with E-state index in [0.717, 1.165) is 24.3 Å². The van der Waals surface area contributed by atoms with E-state index >= 15 is 0 Å². The van der Waals surface area contributed by atoms with Crippen LogP contribution < -0.4 is 20.3 Å². The number of carbonyl (C=O) groups is 3. The Bertz CT molecular complexity index is 929. The number of ether oxygens (including phenoxy) is 2. The summed E-state index contributed by atoms with van der Waals surface area (Å²) in [6, 6.07) is 13.9. The van der Waals surface area contributed by atoms with Crippen molar-refractivity contribution in [2.75, 3.05) is 13.2 Å². The van der Waals surface area contributed by atoms with Gasteiger partial charge in [0.2, 0.25) is 5.91 Å². The number of hydrazine groups is 1. The molecule has 2 aromatic rings. The van der Waals surface area contributed by atoms with Gasteiger partial charge in [-0.1, -0.05) is 12.1 Å². The molecule has 1 saturated heterocycles. The van der Waals surface area contributed by atoms with Gasteiger partial charge in [-0.25, -0.2) is 0 Å². The molecule has 3 amide bonds. The van der Waals surface area contributed by atoms with E-state index in [1.807, 2.05) is 13.0 Å². The third-order valence-electron chi connectivity index (χ3n) is 4.85. The van der Waals surface area contributed by atoms with Crippen LogP contribution in [-0.4, -0.2) is 41.9 Å². The molecule has 2 N–H and O–H groups in total. The molecule has 1 atom stereocenters. The Morgan fingerprint density at radius 3 is 2.52 bits per heavy atom. The normalized spacial score (nSPS) is 14.1. The molecule has 8 heteroatoms. The predicted octanol–water partition coefficient (Wildman–Crippen LogP) is 2.44. The molecule has 2 aromatic carbocycles. The van der Waals surface area contributed by atoms with Crippen LogP contribution in [0, 0.1) is 0 Å². The second-order valence-electron chi connectivity index (χ2n) is 7.23. The molecule has 164 valence electrons. The Morgan fingerprint density at radius 1 is 1.10 bits per heavy atom. The number of hydrogen-bond acceptors (Lipinski definition) is 5. The molecule has 0 radical (unpaired) electrons. The van der Waals surface area contributed by atoms with Crippen LogP contribution in [-0.2, 0) is 16.1 Å². The van der Waals surface area contributed by atoms with E-state index in [0.29, 0.717) is 30.9 Å². The van der Waals surface area contributed by atoms with Crippen LogP contribution in [0.3, 0.4) is 0 Å². The van der Waals surface area contributed by atoms with Gasteiger partial charge in [-0.15, -0.1) is 0 Å². The van der Waals surface area contributed by atoms with Gasteiger partial charge in [0.25, 0.3) is 11.8 Å². The SMILES string of the molecule is CCOc1ccc(O[C@@H](C)C(=O)NNC(=O)c2cccc(CN3CCCC3=O)c2)cc1. The average Bonchev–Trinajstić information content (AvgIpc) is 3.17. The minimum Gasteiger partial charge on any atom is -0.494 e. The lowest BCUT2D eigenvalue weighted by Gasteiger charge is -2.17. The molecular formula is C23H27N3O5. The summed E-state index contributed by atoms with van der Waals surface area (Å²) in [4.78, 5) is 38.3. The van der Waals surface area contributed by atoms with E-state index in [1.165, 1.54) is 0 Å². The van der Waals surface area contributed by atoms with Crippen molar-refractivity contribution in [2.24, 2.45) is 0 Å². The fraction of sp³-hybridized carbons (Fsp3) is 0.348. The van der Waals surface area contributed by atoms with E-state index in [2.05, 4.69) is 10.9 Å².